The van der Waals surface area contributed by atoms with Crippen LogP contribution < -0.4 is 10.5 Å². The highest BCUT2D eigenvalue weighted by Gasteiger charge is 2.37. The van der Waals surface area contributed by atoms with E-state index in [0.29, 0.717) is 24.8 Å². The van der Waals surface area contributed by atoms with Crippen molar-refractivity contribution in [3.63, 3.8) is 0 Å². The molecule has 128 valence electrons. The number of nitrogens with zero attached hydrogens (tertiary/aromatic N) is 4. The number of pyridine rings is 1. The summed E-state index contributed by atoms with van der Waals surface area (Å²) in [7, 11) is 1.67. The molecule has 6 nitrogen and oxygen atoms in total. The van der Waals surface area contributed by atoms with Gasteiger partial charge < -0.3 is 9.64 Å². The highest BCUT2D eigenvalue weighted by Crippen LogP contribution is 2.29. The molecule has 3 heterocycles. The van der Waals surface area contributed by atoms with Crippen LogP contribution in [0.3, 0.4) is 0 Å². The molecule has 0 bridgehead atoms. The van der Waals surface area contributed by atoms with E-state index >= 15 is 0 Å². The van der Waals surface area contributed by atoms with Crippen LogP contribution in [0.25, 0.3) is 11.3 Å². The predicted octanol–water partition coefficient (Wildman–Crippen LogP) is 1.99. The quantitative estimate of drug-likeness (QED) is 0.842. The van der Waals surface area contributed by atoms with Crippen LogP contribution in [0.15, 0.2) is 29.3 Å². The molecule has 0 aromatic carbocycles. The van der Waals surface area contributed by atoms with Gasteiger partial charge in [-0.25, -0.2) is 9.37 Å². The van der Waals surface area contributed by atoms with Crippen molar-refractivity contribution in [1.29, 1.82) is 0 Å². The van der Waals surface area contributed by atoms with Crippen LogP contribution in [0.4, 0.5) is 10.3 Å². The molecule has 0 saturated carbocycles. The molecule has 0 N–H and O–H groups in total. The highest BCUT2D eigenvalue weighted by atomic mass is 19.1. The van der Waals surface area contributed by atoms with Crippen molar-refractivity contribution in [2.24, 2.45) is 7.05 Å². The van der Waals surface area contributed by atoms with Crippen LogP contribution in [-0.2, 0) is 11.8 Å². The van der Waals surface area contributed by atoms with Crippen LogP contribution in [0.2, 0.25) is 0 Å². The van der Waals surface area contributed by atoms with Crippen molar-refractivity contribution in [2.75, 3.05) is 18.1 Å². The fraction of sp³-hybridized carbons (Fsp3) is 0.471. The Kier molecular flexibility index (Phi) is 4.13. The first-order valence-corrected chi connectivity index (χ1v) is 7.90. The monoisotopic (exact) mass is 332 g/mol. The van der Waals surface area contributed by atoms with Crippen LogP contribution in [0, 0.1) is 5.82 Å². The standard InChI is InChI=1S/C17H21FN4O2/c1-11-17(2,3)24-8-7-22(11)16-20-14(9-15(23)21(16)4)12-5-6-19-10-13(12)18/h5-6,9-11H,7-8H2,1-4H3/t11-/m0/s1. The second-order valence-electron chi connectivity index (χ2n) is 6.52. The number of hydrogen-bond acceptors (Lipinski definition) is 5. The Morgan fingerprint density at radius 3 is 2.88 bits per heavy atom. The molecule has 1 fully saturated rings. The Morgan fingerprint density at radius 1 is 1.42 bits per heavy atom. The van der Waals surface area contributed by atoms with E-state index in [-0.39, 0.29) is 22.8 Å². The first-order valence-electron chi connectivity index (χ1n) is 7.90. The SMILES string of the molecule is C[C@@H]1N(c2nc(-c3ccncc3F)cc(=O)n2C)CCOC1(C)C. The second-order valence-corrected chi connectivity index (χ2v) is 6.52. The van der Waals surface area contributed by atoms with Crippen LogP contribution in [0.5, 0.6) is 0 Å². The minimum absolute atomic E-state index is 0.0156. The van der Waals surface area contributed by atoms with Crippen LogP contribution in [0.1, 0.15) is 20.8 Å². The molecular weight excluding hydrogens is 311 g/mol. The number of rotatable bonds is 2. The molecule has 0 radical (unpaired) electrons. The zero-order valence-electron chi connectivity index (χ0n) is 14.3. The Balaban J connectivity index is 2.12. The highest BCUT2D eigenvalue weighted by molar-refractivity contribution is 5.60. The van der Waals surface area contributed by atoms with Gasteiger partial charge in [-0.05, 0) is 26.8 Å². The van der Waals surface area contributed by atoms with E-state index in [2.05, 4.69) is 9.97 Å². The summed E-state index contributed by atoms with van der Waals surface area (Å²) in [6.07, 6.45) is 2.60. The van der Waals surface area contributed by atoms with E-state index in [1.54, 1.807) is 7.05 Å². The van der Waals surface area contributed by atoms with Gasteiger partial charge in [-0.2, -0.15) is 0 Å². The smallest absolute Gasteiger partial charge is 0.255 e. The Hall–Kier alpha value is -2.28. The van der Waals surface area contributed by atoms with Crippen molar-refractivity contribution in [1.82, 2.24) is 14.5 Å². The summed E-state index contributed by atoms with van der Waals surface area (Å²) in [6.45, 7) is 7.21. The third-order valence-electron chi connectivity index (χ3n) is 4.70. The summed E-state index contributed by atoms with van der Waals surface area (Å²) < 4.78 is 21.3. The second kappa shape index (κ2) is 5.98. The number of anilines is 1. The zero-order valence-corrected chi connectivity index (χ0v) is 14.3. The Labute approximate surface area is 139 Å². The Bertz CT molecular complexity index is 818. The molecule has 24 heavy (non-hydrogen) atoms. The average Bonchev–Trinajstić information content (AvgIpc) is 2.53. The molecule has 2 aromatic rings. The molecular formula is C17H21FN4O2. The lowest BCUT2D eigenvalue weighted by atomic mass is 9.97. The van der Waals surface area contributed by atoms with Gasteiger partial charge in [0.2, 0.25) is 5.95 Å². The van der Waals surface area contributed by atoms with Gasteiger partial charge in [0, 0.05) is 31.4 Å². The lowest BCUT2D eigenvalue weighted by Gasteiger charge is -2.45. The molecule has 1 aliphatic heterocycles. The topological polar surface area (TPSA) is 60.2 Å². The van der Waals surface area contributed by atoms with Crippen molar-refractivity contribution < 1.29 is 9.13 Å². The van der Waals surface area contributed by atoms with Gasteiger partial charge in [0.15, 0.2) is 5.82 Å². The zero-order chi connectivity index (χ0) is 17.5. The maximum Gasteiger partial charge on any atom is 0.255 e. The van der Waals surface area contributed by atoms with Gasteiger partial charge >= 0.3 is 0 Å². The molecule has 3 rings (SSSR count). The third kappa shape index (κ3) is 2.80. The lowest BCUT2D eigenvalue weighted by molar-refractivity contribution is -0.0536. The molecule has 0 spiro atoms. The van der Waals surface area contributed by atoms with Gasteiger partial charge in [0.25, 0.3) is 5.56 Å². The summed E-state index contributed by atoms with van der Waals surface area (Å²) in [5.74, 6) is 0.0112. The molecule has 0 amide bonds. The van der Waals surface area contributed by atoms with Crippen molar-refractivity contribution in [2.45, 2.75) is 32.4 Å². The minimum Gasteiger partial charge on any atom is -0.372 e. The fourth-order valence-electron chi connectivity index (χ4n) is 2.87. The van der Waals surface area contributed by atoms with Gasteiger partial charge in [-0.15, -0.1) is 0 Å². The summed E-state index contributed by atoms with van der Waals surface area (Å²) >= 11 is 0. The Morgan fingerprint density at radius 2 is 2.17 bits per heavy atom. The van der Waals surface area contributed by atoms with Gasteiger partial charge in [-0.3, -0.25) is 14.3 Å². The van der Waals surface area contributed by atoms with Crippen molar-refractivity contribution >= 4 is 5.95 Å². The molecule has 2 aromatic heterocycles. The number of morpholine rings is 1. The van der Waals surface area contributed by atoms with Crippen LogP contribution in [-0.4, -0.2) is 39.3 Å². The van der Waals surface area contributed by atoms with Gasteiger partial charge in [0.05, 0.1) is 30.1 Å². The average molecular weight is 332 g/mol. The van der Waals surface area contributed by atoms with Gasteiger partial charge in [-0.1, -0.05) is 0 Å². The lowest BCUT2D eigenvalue weighted by Crippen LogP contribution is -2.56. The molecule has 0 aliphatic carbocycles. The first-order chi connectivity index (χ1) is 11.3. The maximum absolute atomic E-state index is 14.0. The van der Waals surface area contributed by atoms with Crippen LogP contribution >= 0.6 is 0 Å². The first kappa shape index (κ1) is 16.6. The number of hydrogen-bond donors (Lipinski definition) is 0. The summed E-state index contributed by atoms with van der Waals surface area (Å²) in [4.78, 5) is 22.7. The fourth-order valence-corrected chi connectivity index (χ4v) is 2.87. The molecule has 1 aliphatic rings. The van der Waals surface area contributed by atoms with E-state index < -0.39 is 5.82 Å². The summed E-state index contributed by atoms with van der Waals surface area (Å²) in [6, 6.07) is 2.88. The normalized spacial score (nSPS) is 20.2. The number of aromatic nitrogens is 3. The van der Waals surface area contributed by atoms with Gasteiger partial charge in [0.1, 0.15) is 0 Å². The molecule has 1 atom stereocenters. The van der Waals surface area contributed by atoms with E-state index in [1.165, 1.54) is 22.9 Å². The van der Waals surface area contributed by atoms with Crippen molar-refractivity contribution in [3.05, 3.63) is 40.7 Å². The largest absolute Gasteiger partial charge is 0.372 e. The molecule has 1 saturated heterocycles. The number of ether oxygens (including phenoxy) is 1. The third-order valence-corrected chi connectivity index (χ3v) is 4.70. The predicted molar refractivity (Wildman–Crippen MR) is 89.5 cm³/mol. The van der Waals surface area contributed by atoms with E-state index in [1.807, 2.05) is 25.7 Å². The van der Waals surface area contributed by atoms with E-state index in [4.69, 9.17) is 4.74 Å². The molecule has 7 heteroatoms. The van der Waals surface area contributed by atoms with E-state index in [9.17, 15) is 9.18 Å². The van der Waals surface area contributed by atoms with E-state index in [0.717, 1.165) is 6.20 Å². The molecule has 0 unspecified atom stereocenters. The van der Waals surface area contributed by atoms with Crippen molar-refractivity contribution in [3.8, 4) is 11.3 Å². The minimum atomic E-state index is -0.500. The maximum atomic E-state index is 14.0. The summed E-state index contributed by atoms with van der Waals surface area (Å²) in [5, 5.41) is 0. The summed E-state index contributed by atoms with van der Waals surface area (Å²) in [5.41, 5.74) is -0.0233. The number of halogens is 1.